The predicted octanol–water partition coefficient (Wildman–Crippen LogP) is 2.83. The molecule has 2 aromatic carbocycles. The number of amides is 1. The Kier molecular flexibility index (Phi) is 6.62. The van der Waals surface area contributed by atoms with Gasteiger partial charge in [0.25, 0.3) is 5.91 Å². The maximum atomic E-state index is 11.7. The molecule has 140 valence electrons. The highest BCUT2D eigenvalue weighted by atomic mass is 32.2. The van der Waals surface area contributed by atoms with E-state index in [-0.39, 0.29) is 6.04 Å². The molecule has 3 rings (SSSR count). The summed E-state index contributed by atoms with van der Waals surface area (Å²) in [5.41, 5.74) is 7.60. The number of anilines is 1. The van der Waals surface area contributed by atoms with Gasteiger partial charge >= 0.3 is 0 Å². The van der Waals surface area contributed by atoms with Crippen LogP contribution in [0, 0.1) is 0 Å². The number of primary amides is 1. The molecule has 0 saturated heterocycles. The van der Waals surface area contributed by atoms with Crippen LogP contribution in [0.3, 0.4) is 0 Å². The first kappa shape index (κ1) is 19.1. The summed E-state index contributed by atoms with van der Waals surface area (Å²) in [6, 6.07) is 15.6. The molecule has 27 heavy (non-hydrogen) atoms. The Bertz CT molecular complexity index is 903. The summed E-state index contributed by atoms with van der Waals surface area (Å²) >= 11 is 1.81. The third-order valence-corrected chi connectivity index (χ3v) is 4.89. The van der Waals surface area contributed by atoms with Crippen LogP contribution < -0.4 is 16.4 Å². The lowest BCUT2D eigenvalue weighted by Crippen LogP contribution is -2.28. The second-order valence-corrected chi connectivity index (χ2v) is 7.08. The normalized spacial score (nSPS) is 12.0. The number of nitrogens with two attached hydrogens (primary N) is 1. The number of nitrogens with one attached hydrogen (secondary N) is 2. The van der Waals surface area contributed by atoms with Gasteiger partial charge in [-0.3, -0.25) is 4.79 Å². The number of aromatic nitrogens is 2. The van der Waals surface area contributed by atoms with Crippen molar-refractivity contribution in [2.45, 2.75) is 6.04 Å². The molecule has 1 aromatic heterocycles. The Hall–Kier alpha value is -2.64. The minimum Gasteiger partial charge on any atom is -0.366 e. The third-order valence-electron chi connectivity index (χ3n) is 4.27. The summed E-state index contributed by atoms with van der Waals surface area (Å²) < 4.78 is 0. The van der Waals surface area contributed by atoms with Gasteiger partial charge in [-0.15, -0.1) is 0 Å². The number of carbonyl (C=O) groups excluding carboxylic acids is 1. The van der Waals surface area contributed by atoms with Gasteiger partial charge in [-0.05, 0) is 24.0 Å². The van der Waals surface area contributed by atoms with Gasteiger partial charge in [-0.2, -0.15) is 11.8 Å². The molecule has 0 aliphatic rings. The summed E-state index contributed by atoms with van der Waals surface area (Å²) in [4.78, 5) is 20.4. The van der Waals surface area contributed by atoms with Crippen molar-refractivity contribution < 1.29 is 4.79 Å². The van der Waals surface area contributed by atoms with Crippen LogP contribution in [-0.2, 0) is 0 Å². The second kappa shape index (κ2) is 9.34. The van der Waals surface area contributed by atoms with E-state index in [2.05, 4.69) is 39.0 Å². The van der Waals surface area contributed by atoms with Gasteiger partial charge in [-0.25, -0.2) is 9.97 Å². The van der Waals surface area contributed by atoms with Crippen LogP contribution in [0.4, 0.5) is 5.82 Å². The van der Waals surface area contributed by atoms with Crippen LogP contribution in [-0.4, -0.2) is 41.0 Å². The maximum Gasteiger partial charge on any atom is 0.250 e. The molecule has 0 saturated carbocycles. The molecular weight excluding hydrogens is 358 g/mol. The Labute approximate surface area is 163 Å². The number of fused-ring (bicyclic) bond motifs is 1. The number of para-hydroxylation sites is 1. The van der Waals surface area contributed by atoms with Crippen LogP contribution in [0.15, 0.2) is 54.9 Å². The number of hydrogen-bond donors (Lipinski definition) is 3. The SMILES string of the molecule is CSCCNC[C@@H](Nc1ncnc2c(C(N)=O)cccc12)c1ccccc1. The highest BCUT2D eigenvalue weighted by Gasteiger charge is 2.15. The first-order valence-corrected chi connectivity index (χ1v) is 10.1. The zero-order valence-electron chi connectivity index (χ0n) is 15.2. The molecule has 0 radical (unpaired) electrons. The summed E-state index contributed by atoms with van der Waals surface area (Å²) in [6.45, 7) is 1.69. The van der Waals surface area contributed by atoms with Crippen LogP contribution in [0.25, 0.3) is 10.9 Å². The first-order chi connectivity index (χ1) is 13.2. The van der Waals surface area contributed by atoms with Crippen molar-refractivity contribution in [2.75, 3.05) is 30.4 Å². The average molecular weight is 382 g/mol. The third kappa shape index (κ3) is 4.75. The van der Waals surface area contributed by atoms with Crippen LogP contribution in [0.5, 0.6) is 0 Å². The van der Waals surface area contributed by atoms with Gasteiger partial charge in [0.15, 0.2) is 0 Å². The minimum atomic E-state index is -0.497. The summed E-state index contributed by atoms with van der Waals surface area (Å²) in [6.07, 6.45) is 3.55. The maximum absolute atomic E-state index is 11.7. The molecule has 7 heteroatoms. The van der Waals surface area contributed by atoms with E-state index in [0.29, 0.717) is 16.9 Å². The quantitative estimate of drug-likeness (QED) is 0.494. The van der Waals surface area contributed by atoms with Crippen molar-refractivity contribution in [3.05, 3.63) is 66.0 Å². The zero-order chi connectivity index (χ0) is 19.1. The molecule has 1 heterocycles. The topological polar surface area (TPSA) is 92.9 Å². The lowest BCUT2D eigenvalue weighted by atomic mass is 10.1. The largest absolute Gasteiger partial charge is 0.366 e. The standard InChI is InChI=1S/C20H23N5OS/c1-27-11-10-22-12-17(14-6-3-2-4-7-14)25-20-16-9-5-8-15(19(21)26)18(16)23-13-24-20/h2-9,13,17,22H,10-12H2,1H3,(H2,21,26)(H,23,24,25)/t17-/m1/s1. The Morgan fingerprint density at radius 2 is 1.96 bits per heavy atom. The van der Waals surface area contributed by atoms with Crippen molar-refractivity contribution in [3.8, 4) is 0 Å². The van der Waals surface area contributed by atoms with Crippen molar-refractivity contribution in [3.63, 3.8) is 0 Å². The number of benzene rings is 2. The van der Waals surface area contributed by atoms with E-state index in [1.807, 2.05) is 36.0 Å². The number of hydrogen-bond acceptors (Lipinski definition) is 6. The summed E-state index contributed by atoms with van der Waals surface area (Å²) in [5.74, 6) is 1.24. The Morgan fingerprint density at radius 3 is 2.70 bits per heavy atom. The monoisotopic (exact) mass is 381 g/mol. The molecule has 0 aliphatic heterocycles. The predicted molar refractivity (Wildman–Crippen MR) is 112 cm³/mol. The van der Waals surface area contributed by atoms with Gasteiger partial charge in [0, 0.05) is 24.2 Å². The van der Waals surface area contributed by atoms with Gasteiger partial charge in [0.2, 0.25) is 0 Å². The van der Waals surface area contributed by atoms with E-state index in [0.717, 1.165) is 29.8 Å². The number of thioether (sulfide) groups is 1. The molecule has 4 N–H and O–H groups in total. The van der Waals surface area contributed by atoms with E-state index in [1.165, 1.54) is 6.33 Å². The minimum absolute atomic E-state index is 0.0309. The molecular formula is C20H23N5OS. The highest BCUT2D eigenvalue weighted by Crippen LogP contribution is 2.25. The molecule has 0 spiro atoms. The van der Waals surface area contributed by atoms with Crippen LogP contribution >= 0.6 is 11.8 Å². The number of rotatable bonds is 9. The van der Waals surface area contributed by atoms with Crippen LogP contribution in [0.1, 0.15) is 22.0 Å². The zero-order valence-corrected chi connectivity index (χ0v) is 16.0. The fourth-order valence-electron chi connectivity index (χ4n) is 2.92. The van der Waals surface area contributed by atoms with E-state index in [9.17, 15) is 4.79 Å². The van der Waals surface area contributed by atoms with Crippen molar-refractivity contribution in [1.29, 1.82) is 0 Å². The Balaban J connectivity index is 1.91. The molecule has 0 fully saturated rings. The van der Waals surface area contributed by atoms with Crippen molar-refractivity contribution in [2.24, 2.45) is 5.73 Å². The average Bonchev–Trinajstić information content (AvgIpc) is 2.70. The Morgan fingerprint density at radius 1 is 1.15 bits per heavy atom. The van der Waals surface area contributed by atoms with E-state index in [4.69, 9.17) is 5.73 Å². The first-order valence-electron chi connectivity index (χ1n) is 8.75. The molecule has 1 amide bonds. The molecule has 1 atom stereocenters. The molecule has 0 bridgehead atoms. The van der Waals surface area contributed by atoms with Gasteiger partial charge in [0.1, 0.15) is 12.1 Å². The number of nitrogens with zero attached hydrogens (tertiary/aromatic N) is 2. The van der Waals surface area contributed by atoms with Crippen molar-refractivity contribution >= 4 is 34.4 Å². The van der Waals surface area contributed by atoms with Crippen molar-refractivity contribution in [1.82, 2.24) is 15.3 Å². The molecule has 6 nitrogen and oxygen atoms in total. The summed E-state index contributed by atoms with van der Waals surface area (Å²) in [5, 5.41) is 7.77. The number of carbonyl (C=O) groups is 1. The van der Waals surface area contributed by atoms with Gasteiger partial charge in [0.05, 0.1) is 17.1 Å². The smallest absolute Gasteiger partial charge is 0.250 e. The summed E-state index contributed by atoms with van der Waals surface area (Å²) in [7, 11) is 0. The van der Waals surface area contributed by atoms with E-state index in [1.54, 1.807) is 12.1 Å². The highest BCUT2D eigenvalue weighted by molar-refractivity contribution is 7.98. The molecule has 0 aliphatic carbocycles. The fourth-order valence-corrected chi connectivity index (χ4v) is 3.27. The fraction of sp³-hybridized carbons (Fsp3) is 0.250. The second-order valence-electron chi connectivity index (χ2n) is 6.09. The molecule has 3 aromatic rings. The lowest BCUT2D eigenvalue weighted by molar-refractivity contribution is 0.100. The van der Waals surface area contributed by atoms with E-state index < -0.39 is 5.91 Å². The van der Waals surface area contributed by atoms with Gasteiger partial charge < -0.3 is 16.4 Å². The van der Waals surface area contributed by atoms with Gasteiger partial charge in [-0.1, -0.05) is 36.4 Å². The lowest BCUT2D eigenvalue weighted by Gasteiger charge is -2.21. The van der Waals surface area contributed by atoms with E-state index >= 15 is 0 Å². The molecule has 0 unspecified atom stereocenters. The van der Waals surface area contributed by atoms with Crippen LogP contribution in [0.2, 0.25) is 0 Å².